The van der Waals surface area contributed by atoms with Crippen molar-refractivity contribution in [1.29, 1.82) is 5.26 Å². The molecule has 4 bridgehead atoms. The Morgan fingerprint density at radius 1 is 1.21 bits per heavy atom. The Kier molecular flexibility index (Phi) is 6.36. The van der Waals surface area contributed by atoms with Crippen LogP contribution in [0.2, 0.25) is 0 Å². The van der Waals surface area contributed by atoms with E-state index in [9.17, 15) is 19.6 Å². The van der Waals surface area contributed by atoms with Gasteiger partial charge in [0.05, 0.1) is 29.1 Å². The number of amides is 1. The lowest BCUT2D eigenvalue weighted by Crippen LogP contribution is -2.69. The summed E-state index contributed by atoms with van der Waals surface area (Å²) in [6, 6.07) is 11.2. The monoisotopic (exact) mass is 581 g/mol. The maximum absolute atomic E-state index is 14.3. The van der Waals surface area contributed by atoms with Gasteiger partial charge in [0, 0.05) is 41.1 Å². The summed E-state index contributed by atoms with van der Waals surface area (Å²) in [6.45, 7) is 3.44. The van der Waals surface area contributed by atoms with Gasteiger partial charge in [-0.15, -0.1) is 0 Å². The van der Waals surface area contributed by atoms with Gasteiger partial charge in [-0.05, 0) is 82.2 Å². The number of hydrogen-bond donors (Lipinski definition) is 2. The molecule has 2 saturated carbocycles. The van der Waals surface area contributed by atoms with E-state index < -0.39 is 17.3 Å². The van der Waals surface area contributed by atoms with Crippen LogP contribution in [0, 0.1) is 23.1 Å². The van der Waals surface area contributed by atoms with Crippen LogP contribution in [0.25, 0.3) is 16.6 Å². The van der Waals surface area contributed by atoms with Crippen LogP contribution in [0.5, 0.6) is 5.75 Å². The molecule has 2 N–H and O–H groups in total. The number of aromatic nitrogens is 4. The summed E-state index contributed by atoms with van der Waals surface area (Å²) in [4.78, 5) is 24.3. The summed E-state index contributed by atoms with van der Waals surface area (Å²) >= 11 is 0. The zero-order valence-electron chi connectivity index (χ0n) is 24.0. The van der Waals surface area contributed by atoms with Crippen molar-refractivity contribution in [1.82, 2.24) is 24.9 Å². The van der Waals surface area contributed by atoms with Crippen molar-refractivity contribution < 1.29 is 19.0 Å². The Hall–Kier alpha value is -4.56. The molecule has 0 aromatic carbocycles. The fourth-order valence-corrected chi connectivity index (χ4v) is 7.44. The van der Waals surface area contributed by atoms with Gasteiger partial charge in [0.15, 0.2) is 11.5 Å². The van der Waals surface area contributed by atoms with Gasteiger partial charge in [0.1, 0.15) is 24.2 Å². The predicted octanol–water partition coefficient (Wildman–Crippen LogP) is 4.27. The van der Waals surface area contributed by atoms with Crippen LogP contribution in [0.15, 0.2) is 55.1 Å². The summed E-state index contributed by atoms with van der Waals surface area (Å²) in [5.74, 6) is 0.817. The third-order valence-corrected chi connectivity index (χ3v) is 8.90. The van der Waals surface area contributed by atoms with Crippen LogP contribution in [0.4, 0.5) is 10.2 Å². The van der Waals surface area contributed by atoms with Gasteiger partial charge < -0.3 is 20.1 Å². The number of carbonyl (C=O) groups excluding carboxylic acids is 1. The summed E-state index contributed by atoms with van der Waals surface area (Å²) in [7, 11) is 0. The fraction of sp³-hybridized carbons (Fsp3) is 0.406. The molecule has 4 aliphatic rings. The first kappa shape index (κ1) is 27.3. The molecule has 4 aromatic rings. The Bertz CT molecular complexity index is 1740. The third-order valence-electron chi connectivity index (χ3n) is 8.90. The van der Waals surface area contributed by atoms with Crippen molar-refractivity contribution in [3.8, 4) is 22.9 Å². The van der Waals surface area contributed by atoms with Crippen molar-refractivity contribution in [2.45, 2.75) is 69.2 Å². The van der Waals surface area contributed by atoms with Gasteiger partial charge in [-0.1, -0.05) is 0 Å². The number of rotatable bonds is 7. The standard InChI is InChI=1S/C32H32FN7O3/c1-31(2,42)18-43-24-10-25(29-21(14-34)16-37-39(29)17-24)20-5-6-27(36-15-20)40-22-8-19-9-23(40)13-32(11-19,12-22)38-30(41)28-26(33)4-3-7-35-28/h3-7,10,15-17,19,22-23,42H,8-9,11-13,18H2,1-2H3,(H,38,41). The number of fused-ring (bicyclic) bond motifs is 1. The number of nitriles is 1. The number of anilines is 1. The number of nitrogens with zero attached hydrogens (tertiary/aromatic N) is 6. The molecule has 220 valence electrons. The minimum Gasteiger partial charge on any atom is -0.489 e. The number of pyridine rings is 3. The lowest BCUT2D eigenvalue weighted by molar-refractivity contribution is 0.0283. The molecule has 6 heterocycles. The number of hydrogen-bond acceptors (Lipinski definition) is 8. The molecule has 11 heteroatoms. The highest BCUT2D eigenvalue weighted by molar-refractivity contribution is 5.93. The molecule has 2 atom stereocenters. The summed E-state index contributed by atoms with van der Waals surface area (Å²) in [5.41, 5.74) is 1.12. The predicted molar refractivity (Wildman–Crippen MR) is 156 cm³/mol. The maximum Gasteiger partial charge on any atom is 0.273 e. The number of piperidine rings is 2. The highest BCUT2D eigenvalue weighted by Gasteiger charge is 2.55. The number of nitrogens with one attached hydrogen (secondary N) is 1. The summed E-state index contributed by atoms with van der Waals surface area (Å²) < 4.78 is 21.8. The van der Waals surface area contributed by atoms with Gasteiger partial charge in [-0.2, -0.15) is 10.4 Å². The van der Waals surface area contributed by atoms with Crippen LogP contribution in [0.1, 0.15) is 62.0 Å². The molecular formula is C32H32FN7O3. The minimum absolute atomic E-state index is 0.0962. The van der Waals surface area contributed by atoms with Gasteiger partial charge >= 0.3 is 0 Å². The number of halogens is 1. The quantitative estimate of drug-likeness (QED) is 0.331. The highest BCUT2D eigenvalue weighted by atomic mass is 19.1. The zero-order valence-corrected chi connectivity index (χ0v) is 24.0. The molecule has 4 fully saturated rings. The molecule has 2 aliphatic carbocycles. The average molecular weight is 582 g/mol. The second-order valence-corrected chi connectivity index (χ2v) is 12.8. The second-order valence-electron chi connectivity index (χ2n) is 12.8. The fourth-order valence-electron chi connectivity index (χ4n) is 7.44. The first-order chi connectivity index (χ1) is 20.6. The molecule has 2 aliphatic heterocycles. The first-order valence-electron chi connectivity index (χ1n) is 14.6. The number of ether oxygens (including phenoxy) is 1. The number of carbonyl (C=O) groups is 1. The molecule has 43 heavy (non-hydrogen) atoms. The molecular weight excluding hydrogens is 549 g/mol. The van der Waals surface area contributed by atoms with Crippen molar-refractivity contribution in [3.05, 3.63) is 72.2 Å². The highest BCUT2D eigenvalue weighted by Crippen LogP contribution is 2.52. The van der Waals surface area contributed by atoms with Crippen LogP contribution in [-0.2, 0) is 0 Å². The van der Waals surface area contributed by atoms with E-state index in [2.05, 4.69) is 26.4 Å². The van der Waals surface area contributed by atoms with Crippen LogP contribution < -0.4 is 15.0 Å². The smallest absolute Gasteiger partial charge is 0.273 e. The molecule has 4 aromatic heterocycles. The van der Waals surface area contributed by atoms with Crippen molar-refractivity contribution in [2.24, 2.45) is 5.92 Å². The maximum atomic E-state index is 14.3. The van der Waals surface area contributed by atoms with E-state index in [1.165, 1.54) is 24.5 Å². The lowest BCUT2D eigenvalue weighted by Gasteiger charge is -2.62. The van der Waals surface area contributed by atoms with Crippen molar-refractivity contribution >= 4 is 17.2 Å². The second kappa shape index (κ2) is 10.0. The Morgan fingerprint density at radius 3 is 2.67 bits per heavy atom. The topological polar surface area (TPSA) is 129 Å². The van der Waals surface area contributed by atoms with Crippen LogP contribution in [0.3, 0.4) is 0 Å². The average Bonchev–Trinajstić information content (AvgIpc) is 3.38. The van der Waals surface area contributed by atoms with Crippen LogP contribution >= 0.6 is 0 Å². The largest absolute Gasteiger partial charge is 0.489 e. The Labute approximate surface area is 248 Å². The van der Waals surface area contributed by atoms with E-state index in [1.54, 1.807) is 24.6 Å². The summed E-state index contributed by atoms with van der Waals surface area (Å²) in [6.07, 6.45) is 11.0. The third kappa shape index (κ3) is 4.95. The molecule has 8 rings (SSSR count). The van der Waals surface area contributed by atoms with E-state index in [0.29, 0.717) is 22.7 Å². The molecule has 1 amide bonds. The first-order valence-corrected chi connectivity index (χ1v) is 14.6. The van der Waals surface area contributed by atoms with E-state index >= 15 is 0 Å². The van der Waals surface area contributed by atoms with Crippen LogP contribution in [-0.4, -0.2) is 60.4 Å². The molecule has 2 unspecified atom stereocenters. The van der Waals surface area contributed by atoms with E-state index in [1.807, 2.05) is 24.4 Å². The molecule has 0 spiro atoms. The minimum atomic E-state index is -1.01. The van der Waals surface area contributed by atoms with Crippen molar-refractivity contribution in [2.75, 3.05) is 11.5 Å². The summed E-state index contributed by atoms with van der Waals surface area (Å²) in [5, 5.41) is 27.4. The SMILES string of the molecule is CC(C)(O)COc1cc(-c2ccc(N3C4CC5CC3CC(NC(=O)c3ncccc3F)(C5)C4)nc2)c2c(C#N)cnn2c1. The Morgan fingerprint density at radius 2 is 2.00 bits per heavy atom. The van der Waals surface area contributed by atoms with E-state index in [-0.39, 0.29) is 29.9 Å². The van der Waals surface area contributed by atoms with E-state index in [4.69, 9.17) is 9.72 Å². The van der Waals surface area contributed by atoms with Gasteiger partial charge in [0.2, 0.25) is 0 Å². The van der Waals surface area contributed by atoms with Gasteiger partial charge in [-0.25, -0.2) is 18.9 Å². The molecule has 10 nitrogen and oxygen atoms in total. The molecule has 0 radical (unpaired) electrons. The normalized spacial score (nSPS) is 24.3. The lowest BCUT2D eigenvalue weighted by atomic mass is 9.59. The molecule has 2 saturated heterocycles. The van der Waals surface area contributed by atoms with Gasteiger partial charge in [0.25, 0.3) is 5.91 Å². The van der Waals surface area contributed by atoms with Gasteiger partial charge in [-0.3, -0.25) is 4.79 Å². The number of aliphatic hydroxyl groups is 1. The van der Waals surface area contributed by atoms with Crippen molar-refractivity contribution in [3.63, 3.8) is 0 Å². The Balaban J connectivity index is 1.15. The zero-order chi connectivity index (χ0) is 29.9. The van der Waals surface area contributed by atoms with E-state index in [0.717, 1.165) is 49.0 Å².